The summed E-state index contributed by atoms with van der Waals surface area (Å²) in [5.74, 6) is -1.65. The molecule has 1 fully saturated rings. The lowest BCUT2D eigenvalue weighted by molar-refractivity contribution is 0.140. The third kappa shape index (κ3) is 3.10. The molecule has 3 heterocycles. The normalized spacial score (nSPS) is 21.1. The summed E-state index contributed by atoms with van der Waals surface area (Å²) in [6.45, 7) is 0. The Morgan fingerprint density at radius 1 is 1.00 bits per heavy atom. The zero-order valence-electron chi connectivity index (χ0n) is 17.7. The van der Waals surface area contributed by atoms with E-state index in [1.54, 1.807) is 18.3 Å². The molecule has 0 aliphatic heterocycles. The molecule has 2 bridgehead atoms. The number of aromatic nitrogens is 7. The third-order valence-electron chi connectivity index (χ3n) is 6.82. The highest BCUT2D eigenvalue weighted by Crippen LogP contribution is 2.55. The highest BCUT2D eigenvalue weighted by molar-refractivity contribution is 5.62. The van der Waals surface area contributed by atoms with Gasteiger partial charge in [-0.25, -0.2) is 32.5 Å². The van der Waals surface area contributed by atoms with Gasteiger partial charge in [-0.2, -0.15) is 9.78 Å². The number of rotatable bonds is 4. The monoisotopic (exact) mass is 467 g/mol. The molecule has 4 aromatic rings. The quantitative estimate of drug-likeness (QED) is 0.405. The molecule has 0 radical (unpaired) electrons. The van der Waals surface area contributed by atoms with Gasteiger partial charge >= 0.3 is 0 Å². The van der Waals surface area contributed by atoms with Crippen molar-refractivity contribution in [1.29, 1.82) is 0 Å². The SMILES string of the molecule is Fc1cccc(F)c1-c1cc2c(nn1)C1(c3ccnc(-n4cnc(C(F)F)n4)n3)CCC2CC1. The van der Waals surface area contributed by atoms with E-state index >= 15 is 0 Å². The fourth-order valence-corrected chi connectivity index (χ4v) is 5.19. The Labute approximate surface area is 190 Å². The van der Waals surface area contributed by atoms with Crippen LogP contribution < -0.4 is 0 Å². The molecule has 0 atom stereocenters. The number of alkyl halides is 2. The Kier molecular flexibility index (Phi) is 4.68. The number of benzene rings is 1. The van der Waals surface area contributed by atoms with Crippen LogP contribution in [0.1, 0.15) is 60.8 Å². The van der Waals surface area contributed by atoms with Gasteiger partial charge in [0.25, 0.3) is 12.4 Å². The average molecular weight is 467 g/mol. The molecule has 172 valence electrons. The second-order valence-corrected chi connectivity index (χ2v) is 8.58. The van der Waals surface area contributed by atoms with E-state index in [0.29, 0.717) is 5.69 Å². The fraction of sp³-hybridized carbons (Fsp3) is 0.304. The van der Waals surface area contributed by atoms with E-state index in [0.717, 1.165) is 47.9 Å². The summed E-state index contributed by atoms with van der Waals surface area (Å²) in [4.78, 5) is 12.4. The smallest absolute Gasteiger partial charge is 0.220 e. The van der Waals surface area contributed by atoms with Gasteiger partial charge in [-0.15, -0.1) is 10.2 Å². The molecular formula is C23H17F4N7. The predicted molar refractivity (Wildman–Crippen MR) is 111 cm³/mol. The molecule has 0 amide bonds. The number of hydrogen-bond acceptors (Lipinski definition) is 6. The highest BCUT2D eigenvalue weighted by atomic mass is 19.3. The largest absolute Gasteiger partial charge is 0.299 e. The van der Waals surface area contributed by atoms with Crippen LogP contribution in [0.25, 0.3) is 17.2 Å². The molecule has 7 nitrogen and oxygen atoms in total. The van der Waals surface area contributed by atoms with Crippen molar-refractivity contribution in [3.63, 3.8) is 0 Å². The van der Waals surface area contributed by atoms with Gasteiger partial charge in [-0.1, -0.05) is 6.07 Å². The van der Waals surface area contributed by atoms with Gasteiger partial charge in [-0.05, 0) is 61.4 Å². The van der Waals surface area contributed by atoms with E-state index in [4.69, 9.17) is 0 Å². The zero-order chi connectivity index (χ0) is 23.4. The lowest BCUT2D eigenvalue weighted by atomic mass is 9.58. The minimum Gasteiger partial charge on any atom is -0.220 e. The first-order valence-electron chi connectivity index (χ1n) is 10.8. The van der Waals surface area contributed by atoms with E-state index in [9.17, 15) is 17.6 Å². The fourth-order valence-electron chi connectivity index (χ4n) is 5.19. The minimum absolute atomic E-state index is 0.124. The van der Waals surface area contributed by atoms with E-state index in [2.05, 4.69) is 30.2 Å². The average Bonchev–Trinajstić information content (AvgIpc) is 3.36. The molecule has 0 spiro atoms. The van der Waals surface area contributed by atoms with Crippen LogP contribution in [0.2, 0.25) is 0 Å². The molecule has 0 N–H and O–H groups in total. The van der Waals surface area contributed by atoms with Gasteiger partial charge < -0.3 is 0 Å². The van der Waals surface area contributed by atoms with E-state index in [1.807, 2.05) is 0 Å². The molecule has 11 heteroatoms. The summed E-state index contributed by atoms with van der Waals surface area (Å²) in [5, 5.41) is 12.4. The first kappa shape index (κ1) is 20.8. The predicted octanol–water partition coefficient (Wildman–Crippen LogP) is 4.69. The Morgan fingerprint density at radius 3 is 2.47 bits per heavy atom. The Hall–Kier alpha value is -3.76. The van der Waals surface area contributed by atoms with Gasteiger partial charge in [-0.3, -0.25) is 0 Å². The van der Waals surface area contributed by atoms with E-state index in [1.165, 1.54) is 18.2 Å². The van der Waals surface area contributed by atoms with Gasteiger partial charge in [0, 0.05) is 6.20 Å². The molecule has 0 unspecified atom stereocenters. The molecule has 7 rings (SSSR count). The summed E-state index contributed by atoms with van der Waals surface area (Å²) in [6.07, 6.45) is 3.15. The molecule has 3 aromatic heterocycles. The number of halogens is 4. The van der Waals surface area contributed by atoms with Crippen LogP contribution in [0.5, 0.6) is 0 Å². The lowest BCUT2D eigenvalue weighted by Gasteiger charge is -2.46. The first-order valence-corrected chi connectivity index (χ1v) is 10.8. The van der Waals surface area contributed by atoms with Gasteiger partial charge in [0.15, 0.2) is 0 Å². The van der Waals surface area contributed by atoms with Crippen molar-refractivity contribution in [1.82, 2.24) is 34.9 Å². The standard InChI is InChI=1S/C23H17F4N7/c24-14-2-1-3-15(25)18(14)16-10-13-12-4-7-23(8-5-12,19(13)32-31-16)17-6-9-28-22(30-17)34-11-29-21(33-34)20(26)27/h1-3,6,9-12,20H,4-5,7-8H2. The van der Waals surface area contributed by atoms with Crippen LogP contribution in [0, 0.1) is 11.6 Å². The van der Waals surface area contributed by atoms with Crippen LogP contribution in [0.15, 0.2) is 42.9 Å². The maximum atomic E-state index is 14.4. The van der Waals surface area contributed by atoms with Crippen LogP contribution in [0.3, 0.4) is 0 Å². The van der Waals surface area contributed by atoms with Crippen LogP contribution >= 0.6 is 0 Å². The number of hydrogen-bond donors (Lipinski definition) is 0. The van der Waals surface area contributed by atoms with Crippen molar-refractivity contribution in [3.8, 4) is 17.2 Å². The van der Waals surface area contributed by atoms with Crippen molar-refractivity contribution in [3.05, 3.63) is 77.3 Å². The first-order chi connectivity index (χ1) is 16.5. The van der Waals surface area contributed by atoms with Crippen LogP contribution in [0.4, 0.5) is 17.6 Å². The van der Waals surface area contributed by atoms with Gasteiger partial charge in [0.1, 0.15) is 18.0 Å². The molecule has 0 saturated heterocycles. The second-order valence-electron chi connectivity index (χ2n) is 8.58. The zero-order valence-corrected chi connectivity index (χ0v) is 17.7. The number of fused-ring (bicyclic) bond motifs is 2. The summed E-state index contributed by atoms with van der Waals surface area (Å²) >= 11 is 0. The van der Waals surface area contributed by atoms with Crippen molar-refractivity contribution in [2.45, 2.75) is 43.4 Å². The molecule has 1 saturated carbocycles. The van der Waals surface area contributed by atoms with Crippen LogP contribution in [-0.2, 0) is 5.41 Å². The van der Waals surface area contributed by atoms with Crippen molar-refractivity contribution >= 4 is 0 Å². The lowest BCUT2D eigenvalue weighted by Crippen LogP contribution is -2.41. The number of nitrogens with zero attached hydrogens (tertiary/aromatic N) is 7. The minimum atomic E-state index is -2.80. The van der Waals surface area contributed by atoms with E-state index in [-0.39, 0.29) is 23.1 Å². The third-order valence-corrected chi connectivity index (χ3v) is 6.82. The molecular weight excluding hydrogens is 450 g/mol. The highest BCUT2D eigenvalue weighted by Gasteiger charge is 2.48. The van der Waals surface area contributed by atoms with Gasteiger partial charge in [0.2, 0.25) is 5.82 Å². The second kappa shape index (κ2) is 7.64. The summed E-state index contributed by atoms with van der Waals surface area (Å²) < 4.78 is 55.7. The Morgan fingerprint density at radius 2 is 1.76 bits per heavy atom. The Balaban J connectivity index is 1.45. The van der Waals surface area contributed by atoms with Gasteiger partial charge in [0.05, 0.1) is 28.1 Å². The maximum Gasteiger partial charge on any atom is 0.299 e. The van der Waals surface area contributed by atoms with Crippen LogP contribution in [-0.4, -0.2) is 34.9 Å². The molecule has 3 aliphatic rings. The Bertz CT molecular complexity index is 1380. The van der Waals surface area contributed by atoms with E-state index < -0.39 is 29.3 Å². The molecule has 3 aliphatic carbocycles. The van der Waals surface area contributed by atoms with Crippen molar-refractivity contribution in [2.24, 2.45) is 0 Å². The van der Waals surface area contributed by atoms with Crippen molar-refractivity contribution in [2.75, 3.05) is 0 Å². The summed E-state index contributed by atoms with van der Waals surface area (Å²) in [6, 6.07) is 7.20. The van der Waals surface area contributed by atoms with Crippen molar-refractivity contribution < 1.29 is 17.6 Å². The summed E-state index contributed by atoms with van der Waals surface area (Å²) in [7, 11) is 0. The maximum absolute atomic E-state index is 14.4. The summed E-state index contributed by atoms with van der Waals surface area (Å²) in [5.41, 5.74) is 1.71. The topological polar surface area (TPSA) is 82.3 Å². The molecule has 1 aromatic carbocycles. The molecule has 34 heavy (non-hydrogen) atoms.